The monoisotopic (exact) mass is 466 g/mol. The molecule has 2 unspecified atom stereocenters. The number of halogens is 1. The summed E-state index contributed by atoms with van der Waals surface area (Å²) < 4.78 is 11.3. The highest BCUT2D eigenvalue weighted by atomic mass is 127. The molecule has 3 fully saturated rings. The van der Waals surface area contributed by atoms with Crippen LogP contribution in [0.3, 0.4) is 0 Å². The van der Waals surface area contributed by atoms with Gasteiger partial charge in [-0.2, -0.15) is 0 Å². The molecule has 3 rings (SSSR count). The molecule has 0 amide bonds. The van der Waals surface area contributed by atoms with Crippen molar-refractivity contribution in [3.8, 4) is 0 Å². The zero-order chi connectivity index (χ0) is 16.8. The molecule has 2 saturated carbocycles. The summed E-state index contributed by atoms with van der Waals surface area (Å²) in [5.41, 5.74) is 0.371. The van der Waals surface area contributed by atoms with Crippen molar-refractivity contribution in [2.45, 2.75) is 51.7 Å². The Morgan fingerprint density at radius 1 is 1.28 bits per heavy atom. The molecular weight excluding hydrogens is 431 g/mol. The molecule has 0 bridgehead atoms. The van der Waals surface area contributed by atoms with Crippen LogP contribution < -0.4 is 10.6 Å². The predicted molar refractivity (Wildman–Crippen MR) is 112 cm³/mol. The molecule has 25 heavy (non-hydrogen) atoms. The summed E-state index contributed by atoms with van der Waals surface area (Å²) in [7, 11) is 0. The average molecular weight is 466 g/mol. The number of rotatable bonds is 7. The molecule has 0 aromatic heterocycles. The maximum Gasteiger partial charge on any atom is 0.191 e. The Labute approximate surface area is 169 Å². The minimum absolute atomic E-state index is 0. The summed E-state index contributed by atoms with van der Waals surface area (Å²) in [6.07, 6.45) is 5.49. The van der Waals surface area contributed by atoms with E-state index in [0.717, 1.165) is 64.9 Å². The SMILES string of the molecule is CCNC(=NCCN1CCOCC1)NC1CC(OCC)C12CCC2.I. The van der Waals surface area contributed by atoms with E-state index in [2.05, 4.69) is 29.4 Å². The molecule has 3 aliphatic rings. The van der Waals surface area contributed by atoms with Crippen molar-refractivity contribution in [3.05, 3.63) is 0 Å². The smallest absolute Gasteiger partial charge is 0.191 e. The van der Waals surface area contributed by atoms with E-state index >= 15 is 0 Å². The topological polar surface area (TPSA) is 58.1 Å². The second kappa shape index (κ2) is 10.3. The van der Waals surface area contributed by atoms with Crippen LogP contribution in [0.15, 0.2) is 4.99 Å². The second-order valence-electron chi connectivity index (χ2n) is 7.18. The van der Waals surface area contributed by atoms with Crippen LogP contribution in [0, 0.1) is 5.41 Å². The van der Waals surface area contributed by atoms with Gasteiger partial charge in [-0.3, -0.25) is 9.89 Å². The van der Waals surface area contributed by atoms with Crippen LogP contribution >= 0.6 is 24.0 Å². The highest BCUT2D eigenvalue weighted by molar-refractivity contribution is 14.0. The van der Waals surface area contributed by atoms with Crippen LogP contribution in [-0.4, -0.2) is 75.5 Å². The quantitative estimate of drug-likeness (QED) is 0.341. The van der Waals surface area contributed by atoms with Crippen LogP contribution in [0.1, 0.15) is 39.5 Å². The molecule has 0 aromatic carbocycles. The molecule has 0 radical (unpaired) electrons. The molecular formula is C18H35IN4O2. The van der Waals surface area contributed by atoms with E-state index < -0.39 is 0 Å². The Kier molecular flexibility index (Phi) is 8.71. The number of nitrogens with zero attached hydrogens (tertiary/aromatic N) is 2. The summed E-state index contributed by atoms with van der Waals surface area (Å²) in [6.45, 7) is 11.6. The van der Waals surface area contributed by atoms with E-state index in [0.29, 0.717) is 17.6 Å². The third-order valence-corrected chi connectivity index (χ3v) is 5.88. The van der Waals surface area contributed by atoms with Gasteiger partial charge in [0, 0.05) is 44.2 Å². The van der Waals surface area contributed by atoms with Crippen LogP contribution in [0.5, 0.6) is 0 Å². The first kappa shape index (κ1) is 21.2. The lowest BCUT2D eigenvalue weighted by Gasteiger charge is -2.61. The van der Waals surface area contributed by atoms with E-state index in [1.807, 2.05) is 0 Å². The fourth-order valence-electron chi connectivity index (χ4n) is 4.25. The van der Waals surface area contributed by atoms with Crippen molar-refractivity contribution in [1.82, 2.24) is 15.5 Å². The van der Waals surface area contributed by atoms with Crippen LogP contribution in [0.25, 0.3) is 0 Å². The van der Waals surface area contributed by atoms with Crippen LogP contribution in [0.4, 0.5) is 0 Å². The second-order valence-corrected chi connectivity index (χ2v) is 7.18. The number of guanidine groups is 1. The Morgan fingerprint density at radius 3 is 2.64 bits per heavy atom. The first-order valence-corrected chi connectivity index (χ1v) is 9.75. The fraction of sp³-hybridized carbons (Fsp3) is 0.944. The van der Waals surface area contributed by atoms with E-state index in [1.54, 1.807) is 0 Å². The van der Waals surface area contributed by atoms with Gasteiger partial charge in [0.15, 0.2) is 5.96 Å². The summed E-state index contributed by atoms with van der Waals surface area (Å²) in [5, 5.41) is 7.10. The lowest BCUT2D eigenvalue weighted by Crippen LogP contribution is -2.68. The molecule has 2 aliphatic carbocycles. The average Bonchev–Trinajstić information content (AvgIpc) is 2.53. The molecule has 1 saturated heterocycles. The largest absolute Gasteiger partial charge is 0.379 e. The Balaban J connectivity index is 0.00000225. The third kappa shape index (κ3) is 4.99. The molecule has 0 aromatic rings. The molecule has 1 aliphatic heterocycles. The van der Waals surface area contributed by atoms with Gasteiger partial charge in [0.25, 0.3) is 0 Å². The lowest BCUT2D eigenvalue weighted by atomic mass is 9.51. The van der Waals surface area contributed by atoms with Gasteiger partial charge in [-0.15, -0.1) is 24.0 Å². The number of aliphatic imine (C=N–C) groups is 1. The van der Waals surface area contributed by atoms with Crippen molar-refractivity contribution >= 4 is 29.9 Å². The Hall–Kier alpha value is -0.120. The zero-order valence-corrected chi connectivity index (χ0v) is 18.1. The highest BCUT2D eigenvalue weighted by Crippen LogP contribution is 2.57. The predicted octanol–water partition coefficient (Wildman–Crippen LogP) is 1.84. The fourth-order valence-corrected chi connectivity index (χ4v) is 4.25. The summed E-state index contributed by atoms with van der Waals surface area (Å²) >= 11 is 0. The maximum absolute atomic E-state index is 5.95. The van der Waals surface area contributed by atoms with Gasteiger partial charge in [-0.05, 0) is 33.1 Å². The Morgan fingerprint density at radius 2 is 2.04 bits per heavy atom. The van der Waals surface area contributed by atoms with E-state index in [9.17, 15) is 0 Å². The molecule has 2 atom stereocenters. The van der Waals surface area contributed by atoms with Gasteiger partial charge in [-0.25, -0.2) is 0 Å². The third-order valence-electron chi connectivity index (χ3n) is 5.88. The first-order chi connectivity index (χ1) is 11.8. The van der Waals surface area contributed by atoms with Gasteiger partial charge in [0.1, 0.15) is 0 Å². The number of morpholine rings is 1. The first-order valence-electron chi connectivity index (χ1n) is 9.75. The van der Waals surface area contributed by atoms with Gasteiger partial charge in [0.05, 0.1) is 25.9 Å². The summed E-state index contributed by atoms with van der Waals surface area (Å²) in [5.74, 6) is 0.969. The maximum atomic E-state index is 5.95. The van der Waals surface area contributed by atoms with Crippen molar-refractivity contribution in [1.29, 1.82) is 0 Å². The van der Waals surface area contributed by atoms with Crippen molar-refractivity contribution in [2.24, 2.45) is 10.4 Å². The van der Waals surface area contributed by atoms with E-state index in [4.69, 9.17) is 14.5 Å². The molecule has 6 nitrogen and oxygen atoms in total. The summed E-state index contributed by atoms with van der Waals surface area (Å²) in [4.78, 5) is 7.22. The molecule has 1 spiro atoms. The Bertz CT molecular complexity index is 425. The number of ether oxygens (including phenoxy) is 2. The number of nitrogens with one attached hydrogen (secondary N) is 2. The zero-order valence-electron chi connectivity index (χ0n) is 15.8. The van der Waals surface area contributed by atoms with Crippen LogP contribution in [0.2, 0.25) is 0 Å². The van der Waals surface area contributed by atoms with Crippen molar-refractivity contribution < 1.29 is 9.47 Å². The van der Waals surface area contributed by atoms with E-state index in [1.165, 1.54) is 19.3 Å². The normalized spacial score (nSPS) is 28.6. The molecule has 146 valence electrons. The number of hydrogen-bond donors (Lipinski definition) is 2. The number of hydrogen-bond acceptors (Lipinski definition) is 4. The summed E-state index contributed by atoms with van der Waals surface area (Å²) in [6, 6.07) is 0.518. The van der Waals surface area contributed by atoms with Gasteiger partial charge in [0.2, 0.25) is 0 Å². The van der Waals surface area contributed by atoms with E-state index in [-0.39, 0.29) is 24.0 Å². The molecule has 7 heteroatoms. The minimum Gasteiger partial charge on any atom is -0.379 e. The minimum atomic E-state index is 0. The van der Waals surface area contributed by atoms with Crippen molar-refractivity contribution in [3.63, 3.8) is 0 Å². The van der Waals surface area contributed by atoms with Gasteiger partial charge >= 0.3 is 0 Å². The van der Waals surface area contributed by atoms with Crippen molar-refractivity contribution in [2.75, 3.05) is 52.5 Å². The lowest BCUT2D eigenvalue weighted by molar-refractivity contribution is -0.168. The van der Waals surface area contributed by atoms with Gasteiger partial charge in [-0.1, -0.05) is 6.42 Å². The molecule has 2 N–H and O–H groups in total. The standard InChI is InChI=1S/C18H34N4O2.HI/c1-3-19-17(20-8-9-22-10-12-23-13-11-22)21-15-14-16(24-4-2)18(15)6-5-7-18;/h15-16H,3-14H2,1-2H3,(H2,19,20,21);1H. The van der Waals surface area contributed by atoms with Crippen LogP contribution in [-0.2, 0) is 9.47 Å². The molecule has 1 heterocycles. The highest BCUT2D eigenvalue weighted by Gasteiger charge is 2.59. The van der Waals surface area contributed by atoms with Gasteiger partial charge < -0.3 is 20.1 Å².